The number of hydrogen-bond acceptors (Lipinski definition) is 4. The molecule has 1 N–H and O–H groups in total. The molecule has 0 aliphatic carbocycles. The van der Waals surface area contributed by atoms with Gasteiger partial charge in [-0.25, -0.2) is 4.79 Å². The van der Waals surface area contributed by atoms with Gasteiger partial charge >= 0.3 is 6.09 Å². The summed E-state index contributed by atoms with van der Waals surface area (Å²) in [4.78, 5) is 24.3. The average Bonchev–Trinajstić information content (AvgIpc) is 2.43. The Morgan fingerprint density at radius 1 is 1.18 bits per heavy atom. The van der Waals surface area contributed by atoms with Gasteiger partial charge in [-0.1, -0.05) is 19.1 Å². The predicted molar refractivity (Wildman–Crippen MR) is 85.0 cm³/mol. The van der Waals surface area contributed by atoms with Crippen molar-refractivity contribution in [1.82, 2.24) is 5.32 Å². The molecule has 1 atom stereocenters. The van der Waals surface area contributed by atoms with Gasteiger partial charge in [-0.2, -0.15) is 0 Å². The van der Waals surface area contributed by atoms with Crippen LogP contribution >= 0.6 is 0 Å². The quantitative estimate of drug-likeness (QED) is 0.871. The van der Waals surface area contributed by atoms with Gasteiger partial charge in [0.2, 0.25) is 0 Å². The molecule has 1 aromatic rings. The minimum Gasteiger partial charge on any atom is -0.497 e. The van der Waals surface area contributed by atoms with Gasteiger partial charge in [0.05, 0.1) is 7.11 Å². The van der Waals surface area contributed by atoms with Gasteiger partial charge in [-0.3, -0.25) is 4.79 Å². The van der Waals surface area contributed by atoms with Crippen molar-refractivity contribution in [2.45, 2.75) is 52.2 Å². The fraction of sp³-hybridized carbons (Fsp3) is 0.529. The van der Waals surface area contributed by atoms with Gasteiger partial charge in [-0.15, -0.1) is 0 Å². The lowest BCUT2D eigenvalue weighted by Crippen LogP contribution is -2.38. The largest absolute Gasteiger partial charge is 0.497 e. The van der Waals surface area contributed by atoms with E-state index >= 15 is 0 Å². The molecule has 0 fully saturated rings. The fourth-order valence-electron chi connectivity index (χ4n) is 1.96. The molecular weight excluding hydrogens is 282 g/mol. The number of carbonyl (C=O) groups excluding carboxylic acids is 2. The van der Waals surface area contributed by atoms with E-state index in [0.29, 0.717) is 17.7 Å². The number of methoxy groups -OCH3 is 1. The number of ketones is 1. The van der Waals surface area contributed by atoms with Crippen molar-refractivity contribution in [2.75, 3.05) is 7.11 Å². The monoisotopic (exact) mass is 307 g/mol. The number of ether oxygens (including phenoxy) is 2. The van der Waals surface area contributed by atoms with Crippen LogP contribution in [0.2, 0.25) is 0 Å². The third kappa shape index (κ3) is 5.76. The Morgan fingerprint density at radius 2 is 1.77 bits per heavy atom. The molecule has 0 bridgehead atoms. The molecule has 5 nitrogen and oxygen atoms in total. The molecule has 22 heavy (non-hydrogen) atoms. The molecule has 1 aromatic carbocycles. The Hall–Kier alpha value is -2.04. The van der Waals surface area contributed by atoms with E-state index in [-0.39, 0.29) is 5.78 Å². The molecule has 0 unspecified atom stereocenters. The first-order valence-electron chi connectivity index (χ1n) is 7.43. The Morgan fingerprint density at radius 3 is 2.23 bits per heavy atom. The van der Waals surface area contributed by atoms with Crippen LogP contribution < -0.4 is 10.1 Å². The standard InChI is InChI=1S/C17H25NO4/c1-6-7-14(19)15(18-16(20)22-17(2,3)4)12-8-10-13(21-5)11-9-12/h8-11,15H,6-7H2,1-5H3,(H,18,20)/t15-/m0/s1. The van der Waals surface area contributed by atoms with Crippen LogP contribution in [0.1, 0.15) is 52.1 Å². The number of alkyl carbamates (subject to hydrolysis) is 1. The van der Waals surface area contributed by atoms with Crippen molar-refractivity contribution < 1.29 is 19.1 Å². The predicted octanol–water partition coefficient (Wildman–Crippen LogP) is 3.63. The third-order valence-electron chi connectivity index (χ3n) is 2.93. The van der Waals surface area contributed by atoms with E-state index in [4.69, 9.17) is 9.47 Å². The summed E-state index contributed by atoms with van der Waals surface area (Å²) in [5.74, 6) is 0.654. The van der Waals surface area contributed by atoms with Crippen molar-refractivity contribution in [3.05, 3.63) is 29.8 Å². The average molecular weight is 307 g/mol. The van der Waals surface area contributed by atoms with Crippen LogP contribution in [-0.2, 0) is 9.53 Å². The molecule has 1 amide bonds. The first-order chi connectivity index (χ1) is 10.3. The molecule has 5 heteroatoms. The van der Waals surface area contributed by atoms with Crippen LogP contribution in [0.5, 0.6) is 5.75 Å². The van der Waals surface area contributed by atoms with Crippen molar-refractivity contribution in [3.8, 4) is 5.75 Å². The minimum absolute atomic E-state index is 0.0430. The van der Waals surface area contributed by atoms with Crippen LogP contribution in [-0.4, -0.2) is 24.6 Å². The summed E-state index contributed by atoms with van der Waals surface area (Å²) in [6.45, 7) is 7.27. The SMILES string of the molecule is CCCC(=O)[C@@H](NC(=O)OC(C)(C)C)c1ccc(OC)cc1. The number of rotatable bonds is 6. The van der Waals surface area contributed by atoms with E-state index in [1.807, 2.05) is 6.92 Å². The van der Waals surface area contributed by atoms with Crippen molar-refractivity contribution in [2.24, 2.45) is 0 Å². The number of amides is 1. The molecule has 0 aromatic heterocycles. The Labute approximate surface area is 132 Å². The van der Waals surface area contributed by atoms with E-state index in [0.717, 1.165) is 6.42 Å². The highest BCUT2D eigenvalue weighted by Gasteiger charge is 2.25. The van der Waals surface area contributed by atoms with E-state index in [1.165, 1.54) is 0 Å². The van der Waals surface area contributed by atoms with E-state index < -0.39 is 17.7 Å². The maximum atomic E-state index is 12.3. The molecule has 0 radical (unpaired) electrons. The summed E-state index contributed by atoms with van der Waals surface area (Å²) in [6, 6.07) is 6.36. The lowest BCUT2D eigenvalue weighted by molar-refractivity contribution is -0.121. The van der Waals surface area contributed by atoms with Gasteiger partial charge in [-0.05, 0) is 44.9 Å². The van der Waals surface area contributed by atoms with Gasteiger partial charge in [0.25, 0.3) is 0 Å². The Balaban J connectivity index is 2.92. The van der Waals surface area contributed by atoms with Crippen LogP contribution in [0.4, 0.5) is 4.79 Å². The van der Waals surface area contributed by atoms with Gasteiger partial charge < -0.3 is 14.8 Å². The second-order valence-electron chi connectivity index (χ2n) is 6.07. The highest BCUT2D eigenvalue weighted by atomic mass is 16.6. The van der Waals surface area contributed by atoms with Crippen molar-refractivity contribution in [1.29, 1.82) is 0 Å². The summed E-state index contributed by atoms with van der Waals surface area (Å²) in [5.41, 5.74) is 0.104. The first-order valence-corrected chi connectivity index (χ1v) is 7.43. The number of nitrogens with one attached hydrogen (secondary N) is 1. The van der Waals surface area contributed by atoms with Gasteiger partial charge in [0.15, 0.2) is 5.78 Å². The number of Topliss-reactive ketones (excluding diaryl/α,β-unsaturated/α-hetero) is 1. The highest BCUT2D eigenvalue weighted by Crippen LogP contribution is 2.21. The maximum Gasteiger partial charge on any atom is 0.408 e. The minimum atomic E-state index is -0.708. The van der Waals surface area contributed by atoms with E-state index in [1.54, 1.807) is 52.1 Å². The summed E-state index contributed by atoms with van der Waals surface area (Å²) in [5, 5.41) is 2.66. The van der Waals surface area contributed by atoms with Crippen LogP contribution in [0.15, 0.2) is 24.3 Å². The van der Waals surface area contributed by atoms with Gasteiger partial charge in [0, 0.05) is 6.42 Å². The first kappa shape index (κ1) is 18.0. The zero-order valence-electron chi connectivity index (χ0n) is 13.9. The van der Waals surface area contributed by atoms with Crippen molar-refractivity contribution in [3.63, 3.8) is 0 Å². The fourth-order valence-corrected chi connectivity index (χ4v) is 1.96. The zero-order chi connectivity index (χ0) is 16.8. The second-order valence-corrected chi connectivity index (χ2v) is 6.07. The number of carbonyl (C=O) groups is 2. The van der Waals surface area contributed by atoms with Crippen molar-refractivity contribution >= 4 is 11.9 Å². The molecule has 0 saturated heterocycles. The smallest absolute Gasteiger partial charge is 0.408 e. The maximum absolute atomic E-state index is 12.3. The third-order valence-corrected chi connectivity index (χ3v) is 2.93. The summed E-state index contributed by atoms with van der Waals surface area (Å²) < 4.78 is 10.3. The summed E-state index contributed by atoms with van der Waals surface area (Å²) in [7, 11) is 1.58. The van der Waals surface area contributed by atoms with E-state index in [2.05, 4.69) is 5.32 Å². The molecule has 0 heterocycles. The lowest BCUT2D eigenvalue weighted by atomic mass is 10.00. The molecule has 0 aliphatic rings. The molecule has 0 aliphatic heterocycles. The van der Waals surface area contributed by atoms with Crippen LogP contribution in [0.25, 0.3) is 0 Å². The topological polar surface area (TPSA) is 64.6 Å². The van der Waals surface area contributed by atoms with Crippen LogP contribution in [0.3, 0.4) is 0 Å². The lowest BCUT2D eigenvalue weighted by Gasteiger charge is -2.23. The zero-order valence-corrected chi connectivity index (χ0v) is 13.9. The molecular formula is C17H25NO4. The molecule has 0 spiro atoms. The van der Waals surface area contributed by atoms with Gasteiger partial charge in [0.1, 0.15) is 17.4 Å². The summed E-state index contributed by atoms with van der Waals surface area (Å²) >= 11 is 0. The van der Waals surface area contributed by atoms with E-state index in [9.17, 15) is 9.59 Å². The molecule has 122 valence electrons. The number of benzene rings is 1. The normalized spacial score (nSPS) is 12.4. The van der Waals surface area contributed by atoms with Crippen LogP contribution in [0, 0.1) is 0 Å². The summed E-state index contributed by atoms with van der Waals surface area (Å²) in [6.07, 6.45) is 0.520. The Bertz CT molecular complexity index is 502. The number of hydrogen-bond donors (Lipinski definition) is 1. The second kappa shape index (κ2) is 7.82. The highest BCUT2D eigenvalue weighted by molar-refractivity contribution is 5.88. The molecule has 0 saturated carbocycles. The Kier molecular flexibility index (Phi) is 6.40. The molecule has 1 rings (SSSR count).